The Bertz CT molecular complexity index is 788. The van der Waals surface area contributed by atoms with Crippen molar-refractivity contribution in [2.24, 2.45) is 5.92 Å². The van der Waals surface area contributed by atoms with E-state index in [1.165, 1.54) is 13.0 Å². The number of furan rings is 1. The number of likely N-dealkylation sites (tertiary alicyclic amines) is 1. The first-order valence-corrected chi connectivity index (χ1v) is 8.75. The van der Waals surface area contributed by atoms with Crippen molar-refractivity contribution in [1.82, 2.24) is 10.2 Å². The van der Waals surface area contributed by atoms with E-state index < -0.39 is 0 Å². The van der Waals surface area contributed by atoms with Crippen LogP contribution < -0.4 is 5.32 Å². The maximum Gasteiger partial charge on any atom is 0.225 e. The summed E-state index contributed by atoms with van der Waals surface area (Å²) in [5.41, 5.74) is 1.53. The zero-order valence-corrected chi connectivity index (χ0v) is 15.0. The lowest BCUT2D eigenvalue weighted by Crippen LogP contribution is -2.47. The molecule has 1 aliphatic rings. The molecule has 0 aliphatic carbocycles. The summed E-state index contributed by atoms with van der Waals surface area (Å²) in [7, 11) is 0. The fourth-order valence-corrected chi connectivity index (χ4v) is 3.44. The molecular weight excluding hydrogens is 335 g/mol. The van der Waals surface area contributed by atoms with Crippen molar-refractivity contribution in [3.63, 3.8) is 0 Å². The summed E-state index contributed by atoms with van der Waals surface area (Å²) in [4.78, 5) is 26.2. The summed E-state index contributed by atoms with van der Waals surface area (Å²) in [5, 5.41) is 2.88. The molecule has 5 nitrogen and oxygen atoms in total. The minimum Gasteiger partial charge on any atom is -0.467 e. The van der Waals surface area contributed by atoms with Crippen LogP contribution in [0, 0.1) is 18.7 Å². The normalized spacial score (nSPS) is 20.0. The third-order valence-electron chi connectivity index (χ3n) is 4.94. The van der Waals surface area contributed by atoms with E-state index in [2.05, 4.69) is 5.32 Å². The van der Waals surface area contributed by atoms with Gasteiger partial charge in [-0.05, 0) is 42.7 Å². The second-order valence-corrected chi connectivity index (χ2v) is 6.86. The quantitative estimate of drug-likeness (QED) is 0.914. The molecule has 1 N–H and O–H groups in total. The van der Waals surface area contributed by atoms with Gasteiger partial charge >= 0.3 is 0 Å². The molecule has 1 aromatic heterocycles. The average molecular weight is 358 g/mol. The van der Waals surface area contributed by atoms with Crippen molar-refractivity contribution in [2.45, 2.75) is 32.7 Å². The fraction of sp³-hybridized carbons (Fsp3) is 0.400. The van der Waals surface area contributed by atoms with Crippen LogP contribution in [0.5, 0.6) is 0 Å². The molecule has 0 saturated carbocycles. The molecule has 2 aromatic rings. The summed E-state index contributed by atoms with van der Waals surface area (Å²) in [6, 6.07) is 8.57. The van der Waals surface area contributed by atoms with Crippen LogP contribution in [0.25, 0.3) is 0 Å². The molecular formula is C20H23FN2O3. The van der Waals surface area contributed by atoms with Gasteiger partial charge in [-0.25, -0.2) is 4.39 Å². The highest BCUT2D eigenvalue weighted by Crippen LogP contribution is 2.31. The van der Waals surface area contributed by atoms with Crippen LogP contribution in [0.1, 0.15) is 36.1 Å². The van der Waals surface area contributed by atoms with Crippen LogP contribution >= 0.6 is 0 Å². The number of piperidine rings is 1. The van der Waals surface area contributed by atoms with Crippen LogP contribution in [-0.4, -0.2) is 29.8 Å². The summed E-state index contributed by atoms with van der Waals surface area (Å²) in [5.74, 6) is -0.0261. The summed E-state index contributed by atoms with van der Waals surface area (Å²) in [6.45, 7) is 4.50. The Morgan fingerprint density at radius 2 is 2.12 bits per heavy atom. The van der Waals surface area contributed by atoms with E-state index in [9.17, 15) is 14.0 Å². The van der Waals surface area contributed by atoms with Crippen LogP contribution in [0.15, 0.2) is 41.0 Å². The van der Waals surface area contributed by atoms with Crippen molar-refractivity contribution in [3.05, 3.63) is 59.3 Å². The minimum absolute atomic E-state index is 0.00585. The molecule has 2 atom stereocenters. The van der Waals surface area contributed by atoms with Gasteiger partial charge in [-0.2, -0.15) is 0 Å². The van der Waals surface area contributed by atoms with E-state index in [4.69, 9.17) is 4.42 Å². The number of aryl methyl sites for hydroxylation is 1. The van der Waals surface area contributed by atoms with Crippen molar-refractivity contribution in [3.8, 4) is 0 Å². The molecule has 0 radical (unpaired) electrons. The molecule has 3 rings (SSSR count). The van der Waals surface area contributed by atoms with Crippen LogP contribution in [-0.2, 0) is 16.1 Å². The molecule has 2 heterocycles. The molecule has 138 valence electrons. The number of hydrogen-bond donors (Lipinski definition) is 1. The number of carbonyl (C=O) groups excluding carboxylic acids is 2. The zero-order chi connectivity index (χ0) is 18.7. The predicted octanol–water partition coefficient (Wildman–Crippen LogP) is 3.00. The number of benzene rings is 1. The Labute approximate surface area is 152 Å². The molecule has 1 aliphatic heterocycles. The molecule has 2 amide bonds. The van der Waals surface area contributed by atoms with Crippen molar-refractivity contribution < 1.29 is 18.4 Å². The summed E-state index contributed by atoms with van der Waals surface area (Å²) < 4.78 is 18.8. The number of hydrogen-bond acceptors (Lipinski definition) is 3. The third-order valence-corrected chi connectivity index (χ3v) is 4.94. The van der Waals surface area contributed by atoms with Crippen LogP contribution in [0.3, 0.4) is 0 Å². The Morgan fingerprint density at radius 1 is 1.31 bits per heavy atom. The van der Waals surface area contributed by atoms with E-state index in [0.29, 0.717) is 37.4 Å². The first-order valence-electron chi connectivity index (χ1n) is 8.75. The van der Waals surface area contributed by atoms with Gasteiger partial charge in [0.2, 0.25) is 11.8 Å². The monoisotopic (exact) mass is 358 g/mol. The highest BCUT2D eigenvalue weighted by molar-refractivity contribution is 5.80. The van der Waals surface area contributed by atoms with Gasteiger partial charge < -0.3 is 14.6 Å². The molecule has 26 heavy (non-hydrogen) atoms. The second kappa shape index (κ2) is 7.72. The molecule has 1 fully saturated rings. The van der Waals surface area contributed by atoms with Gasteiger partial charge in [0.25, 0.3) is 0 Å². The van der Waals surface area contributed by atoms with Gasteiger partial charge in [-0.15, -0.1) is 0 Å². The predicted molar refractivity (Wildman–Crippen MR) is 94.8 cm³/mol. The average Bonchev–Trinajstić information content (AvgIpc) is 3.15. The minimum atomic E-state index is -0.307. The second-order valence-electron chi connectivity index (χ2n) is 6.86. The fourth-order valence-electron chi connectivity index (χ4n) is 3.44. The lowest BCUT2D eigenvalue weighted by Gasteiger charge is -2.37. The van der Waals surface area contributed by atoms with E-state index in [1.54, 1.807) is 42.4 Å². The van der Waals surface area contributed by atoms with Gasteiger partial charge in [0.05, 0.1) is 18.7 Å². The van der Waals surface area contributed by atoms with Crippen molar-refractivity contribution in [1.29, 1.82) is 0 Å². The number of nitrogens with zero attached hydrogens (tertiary/aromatic N) is 1. The highest BCUT2D eigenvalue weighted by atomic mass is 19.1. The SMILES string of the molecule is CC(=O)N1CC(C(=O)NCc2ccco2)CC(c2ccc(F)c(C)c2)C1. The number of carbonyl (C=O) groups is 2. The van der Waals surface area contributed by atoms with Crippen LogP contribution in [0.2, 0.25) is 0 Å². The van der Waals surface area contributed by atoms with Gasteiger partial charge in [0.15, 0.2) is 0 Å². The van der Waals surface area contributed by atoms with Gasteiger partial charge in [-0.3, -0.25) is 9.59 Å². The maximum absolute atomic E-state index is 13.6. The first kappa shape index (κ1) is 18.2. The third kappa shape index (κ3) is 4.12. The highest BCUT2D eigenvalue weighted by Gasteiger charge is 2.33. The number of amides is 2. The zero-order valence-electron chi connectivity index (χ0n) is 15.0. The smallest absolute Gasteiger partial charge is 0.225 e. The standard InChI is InChI=1S/C20H23FN2O3/c1-13-8-15(5-6-19(13)21)16-9-17(12-23(11-16)14(2)24)20(25)22-10-18-4-3-7-26-18/h3-8,16-17H,9-12H2,1-2H3,(H,22,25). The van der Waals surface area contributed by atoms with Crippen LogP contribution in [0.4, 0.5) is 4.39 Å². The molecule has 1 saturated heterocycles. The molecule has 0 spiro atoms. The Balaban J connectivity index is 1.73. The van der Waals surface area contributed by atoms with Crippen molar-refractivity contribution >= 4 is 11.8 Å². The Kier molecular flexibility index (Phi) is 5.40. The van der Waals surface area contributed by atoms with E-state index in [0.717, 1.165) is 5.56 Å². The van der Waals surface area contributed by atoms with Crippen molar-refractivity contribution in [2.75, 3.05) is 13.1 Å². The number of nitrogens with one attached hydrogen (secondary N) is 1. The Hall–Kier alpha value is -2.63. The lowest BCUT2D eigenvalue weighted by atomic mass is 9.83. The molecule has 6 heteroatoms. The van der Waals surface area contributed by atoms with E-state index in [1.807, 2.05) is 0 Å². The summed E-state index contributed by atoms with van der Waals surface area (Å²) in [6.07, 6.45) is 2.19. The maximum atomic E-state index is 13.6. The summed E-state index contributed by atoms with van der Waals surface area (Å²) >= 11 is 0. The molecule has 0 bridgehead atoms. The van der Waals surface area contributed by atoms with E-state index in [-0.39, 0.29) is 29.5 Å². The number of rotatable bonds is 4. The topological polar surface area (TPSA) is 62.6 Å². The largest absolute Gasteiger partial charge is 0.467 e. The van der Waals surface area contributed by atoms with Gasteiger partial charge in [0.1, 0.15) is 11.6 Å². The van der Waals surface area contributed by atoms with E-state index >= 15 is 0 Å². The number of halogens is 1. The first-order chi connectivity index (χ1) is 12.4. The van der Waals surface area contributed by atoms with Gasteiger partial charge in [-0.1, -0.05) is 12.1 Å². The molecule has 1 aromatic carbocycles. The molecule has 2 unspecified atom stereocenters. The Morgan fingerprint density at radius 3 is 2.77 bits per heavy atom. The van der Waals surface area contributed by atoms with Gasteiger partial charge in [0, 0.05) is 25.9 Å². The lowest BCUT2D eigenvalue weighted by molar-refractivity contribution is -0.134.